The van der Waals surface area contributed by atoms with Crippen LogP contribution in [0.4, 0.5) is 11.4 Å². The van der Waals surface area contributed by atoms with Crippen LogP contribution in [0.25, 0.3) is 0 Å². The smallest absolute Gasteiger partial charge is 0.271 e. The van der Waals surface area contributed by atoms with Crippen LogP contribution in [0.15, 0.2) is 78.9 Å². The van der Waals surface area contributed by atoms with Crippen LogP contribution in [0, 0.1) is 17.0 Å². The van der Waals surface area contributed by atoms with E-state index in [0.29, 0.717) is 0 Å². The number of nitro benzene ring substituents is 1. The highest BCUT2D eigenvalue weighted by atomic mass is 32.2. The van der Waals surface area contributed by atoms with Crippen molar-refractivity contribution in [2.24, 2.45) is 0 Å². The van der Waals surface area contributed by atoms with Crippen molar-refractivity contribution in [3.05, 3.63) is 106 Å². The Morgan fingerprint density at radius 3 is 2.31 bits per heavy atom. The second-order valence-electron chi connectivity index (χ2n) is 10.7. The van der Waals surface area contributed by atoms with Crippen molar-refractivity contribution in [2.45, 2.75) is 57.7 Å². The average molecular weight is 593 g/mol. The van der Waals surface area contributed by atoms with Crippen molar-refractivity contribution in [3.8, 4) is 0 Å². The predicted molar refractivity (Wildman–Crippen MR) is 161 cm³/mol. The van der Waals surface area contributed by atoms with Gasteiger partial charge in [-0.05, 0) is 42.5 Å². The van der Waals surface area contributed by atoms with Gasteiger partial charge in [-0.3, -0.25) is 24.0 Å². The van der Waals surface area contributed by atoms with Gasteiger partial charge in [-0.1, -0.05) is 73.5 Å². The number of hydrogen-bond acceptors (Lipinski definition) is 6. The molecule has 3 aromatic rings. The monoisotopic (exact) mass is 592 g/mol. The highest BCUT2D eigenvalue weighted by Gasteiger charge is 2.34. The predicted octanol–water partition coefficient (Wildman–Crippen LogP) is 4.37. The molecule has 1 atom stereocenters. The summed E-state index contributed by atoms with van der Waals surface area (Å²) in [5.41, 5.74) is 2.28. The van der Waals surface area contributed by atoms with Crippen molar-refractivity contribution in [1.82, 2.24) is 10.2 Å². The maximum atomic E-state index is 14.2. The molecule has 0 aliphatic heterocycles. The highest BCUT2D eigenvalue weighted by molar-refractivity contribution is 7.92. The van der Waals surface area contributed by atoms with Gasteiger partial charge in [-0.25, -0.2) is 8.42 Å². The Bertz CT molecular complexity index is 1520. The van der Waals surface area contributed by atoms with Crippen LogP contribution in [-0.2, 0) is 32.6 Å². The summed E-state index contributed by atoms with van der Waals surface area (Å²) >= 11 is 0. The Balaban J connectivity index is 1.74. The Labute approximate surface area is 246 Å². The van der Waals surface area contributed by atoms with Crippen molar-refractivity contribution in [1.29, 1.82) is 0 Å². The number of rotatable bonds is 12. The molecule has 0 heterocycles. The van der Waals surface area contributed by atoms with E-state index in [0.717, 1.165) is 59.0 Å². The van der Waals surface area contributed by atoms with Crippen LogP contribution in [0.1, 0.15) is 42.4 Å². The summed E-state index contributed by atoms with van der Waals surface area (Å²) in [4.78, 5) is 40.3. The summed E-state index contributed by atoms with van der Waals surface area (Å²) in [5, 5.41) is 14.5. The van der Waals surface area contributed by atoms with Gasteiger partial charge in [-0.15, -0.1) is 0 Å². The number of aryl methyl sites for hydroxylation is 1. The molecule has 1 saturated carbocycles. The second kappa shape index (κ2) is 13.6. The number of anilines is 1. The molecule has 1 aliphatic rings. The quantitative estimate of drug-likeness (QED) is 0.246. The van der Waals surface area contributed by atoms with Gasteiger partial charge in [0.25, 0.3) is 5.69 Å². The van der Waals surface area contributed by atoms with Crippen molar-refractivity contribution < 1.29 is 22.9 Å². The van der Waals surface area contributed by atoms with Crippen molar-refractivity contribution in [3.63, 3.8) is 0 Å². The third-order valence-electron chi connectivity index (χ3n) is 7.58. The molecule has 0 saturated heterocycles. The zero-order chi connectivity index (χ0) is 30.3. The molecule has 42 heavy (non-hydrogen) atoms. The number of nitro groups is 1. The third-order valence-corrected chi connectivity index (χ3v) is 8.72. The van der Waals surface area contributed by atoms with Gasteiger partial charge < -0.3 is 10.2 Å². The van der Waals surface area contributed by atoms with Gasteiger partial charge in [0.05, 0.1) is 16.9 Å². The van der Waals surface area contributed by atoms with E-state index >= 15 is 0 Å². The zero-order valence-electron chi connectivity index (χ0n) is 23.8. The molecule has 1 aliphatic carbocycles. The van der Waals surface area contributed by atoms with Crippen LogP contribution < -0.4 is 9.62 Å². The minimum Gasteiger partial charge on any atom is -0.352 e. The number of benzene rings is 3. The van der Waals surface area contributed by atoms with E-state index in [1.165, 1.54) is 23.1 Å². The molecular weight excluding hydrogens is 556 g/mol. The molecular formula is C31H36N4O6S. The van der Waals surface area contributed by atoms with E-state index in [1.807, 2.05) is 61.5 Å². The molecule has 2 amide bonds. The number of sulfonamides is 1. The lowest BCUT2D eigenvalue weighted by molar-refractivity contribution is -0.384. The van der Waals surface area contributed by atoms with E-state index in [1.54, 1.807) is 0 Å². The number of carbonyl (C=O) groups is 2. The molecule has 222 valence electrons. The van der Waals surface area contributed by atoms with E-state index in [-0.39, 0.29) is 36.3 Å². The SMILES string of the molecule is Cc1ccccc1CN(C(=O)CN(c1cccc([N+](=O)[O-])c1)S(C)(=O)=O)[C@@H](Cc1ccccc1)C(=O)NC1CCCC1. The Morgan fingerprint density at radius 1 is 1.00 bits per heavy atom. The van der Waals surface area contributed by atoms with E-state index < -0.39 is 33.4 Å². The minimum atomic E-state index is -4.03. The molecule has 1 fully saturated rings. The molecule has 1 N–H and O–H groups in total. The zero-order valence-corrected chi connectivity index (χ0v) is 24.6. The van der Waals surface area contributed by atoms with E-state index in [2.05, 4.69) is 5.32 Å². The fraction of sp³-hybridized carbons (Fsp3) is 0.355. The van der Waals surface area contributed by atoms with Crippen LogP contribution in [0.5, 0.6) is 0 Å². The Kier molecular flexibility index (Phi) is 9.95. The van der Waals surface area contributed by atoms with E-state index in [4.69, 9.17) is 0 Å². The number of nitrogens with zero attached hydrogens (tertiary/aromatic N) is 3. The van der Waals surface area contributed by atoms with Gasteiger partial charge in [0, 0.05) is 31.1 Å². The minimum absolute atomic E-state index is 0.00842. The highest BCUT2D eigenvalue weighted by Crippen LogP contribution is 2.25. The lowest BCUT2D eigenvalue weighted by atomic mass is 10.0. The first kappa shape index (κ1) is 30.7. The first-order chi connectivity index (χ1) is 20.0. The summed E-state index contributed by atoms with van der Waals surface area (Å²) in [6.07, 6.45) is 4.94. The van der Waals surface area contributed by atoms with Gasteiger partial charge >= 0.3 is 0 Å². The fourth-order valence-corrected chi connectivity index (χ4v) is 6.11. The van der Waals surface area contributed by atoms with Gasteiger partial charge in [0.2, 0.25) is 21.8 Å². The van der Waals surface area contributed by atoms with Crippen molar-refractivity contribution in [2.75, 3.05) is 17.1 Å². The number of nitrogens with one attached hydrogen (secondary N) is 1. The van der Waals surface area contributed by atoms with Gasteiger partial charge in [-0.2, -0.15) is 0 Å². The summed E-state index contributed by atoms with van der Waals surface area (Å²) in [7, 11) is -4.03. The largest absolute Gasteiger partial charge is 0.352 e. The van der Waals surface area contributed by atoms with Crippen molar-refractivity contribution >= 4 is 33.2 Å². The molecule has 0 bridgehead atoms. The van der Waals surface area contributed by atoms with Crippen LogP contribution in [0.2, 0.25) is 0 Å². The number of amides is 2. The number of non-ortho nitro benzene ring substituents is 1. The maximum Gasteiger partial charge on any atom is 0.271 e. The summed E-state index contributed by atoms with van der Waals surface area (Å²) in [6, 6.07) is 21.1. The molecule has 3 aromatic carbocycles. The first-order valence-corrected chi connectivity index (χ1v) is 15.8. The second-order valence-corrected chi connectivity index (χ2v) is 12.6. The summed E-state index contributed by atoms with van der Waals surface area (Å²) in [6.45, 7) is 1.36. The molecule has 0 radical (unpaired) electrons. The molecule has 10 nitrogen and oxygen atoms in total. The topological polar surface area (TPSA) is 130 Å². The lowest BCUT2D eigenvalue weighted by Crippen LogP contribution is -2.54. The van der Waals surface area contributed by atoms with Gasteiger partial charge in [0.1, 0.15) is 12.6 Å². The summed E-state index contributed by atoms with van der Waals surface area (Å²) in [5.74, 6) is -0.897. The normalized spacial score (nSPS) is 14.2. The standard InChI is InChI=1S/C31H36N4O6S/c1-23-11-6-7-14-25(23)21-33(29(19-24-12-4-3-5-13-24)31(37)32-26-15-8-9-16-26)30(36)22-34(42(2,40)41)27-17-10-18-28(20-27)35(38)39/h3-7,10-14,17-18,20,26,29H,8-9,15-16,19,21-22H2,1-2H3,(H,32,37)/t29-/m0/s1. The van der Waals surface area contributed by atoms with Crippen LogP contribution in [-0.4, -0.2) is 54.9 Å². The Hall–Kier alpha value is -4.25. The first-order valence-electron chi connectivity index (χ1n) is 13.9. The molecule has 11 heteroatoms. The molecule has 0 unspecified atom stereocenters. The van der Waals surface area contributed by atoms with Crippen LogP contribution >= 0.6 is 0 Å². The fourth-order valence-electron chi connectivity index (χ4n) is 5.27. The Morgan fingerprint density at radius 2 is 1.67 bits per heavy atom. The number of carbonyl (C=O) groups excluding carboxylic acids is 2. The van der Waals surface area contributed by atoms with Crippen LogP contribution in [0.3, 0.4) is 0 Å². The molecule has 0 aromatic heterocycles. The lowest BCUT2D eigenvalue weighted by Gasteiger charge is -2.34. The molecule has 4 rings (SSSR count). The van der Waals surface area contributed by atoms with Gasteiger partial charge in [0.15, 0.2) is 0 Å². The average Bonchev–Trinajstić information content (AvgIpc) is 3.47. The third kappa shape index (κ3) is 7.94. The summed E-state index contributed by atoms with van der Waals surface area (Å²) < 4.78 is 26.7. The maximum absolute atomic E-state index is 14.2. The van der Waals surface area contributed by atoms with E-state index in [9.17, 15) is 28.1 Å². The number of hydrogen-bond donors (Lipinski definition) is 1. The molecule has 0 spiro atoms.